The molecular weight excluding hydrogens is 224 g/mol. The van der Waals surface area contributed by atoms with Crippen molar-refractivity contribution >= 4 is 0 Å². The van der Waals surface area contributed by atoms with Crippen molar-refractivity contribution in [3.8, 4) is 11.5 Å². The van der Waals surface area contributed by atoms with E-state index in [4.69, 9.17) is 9.47 Å². The summed E-state index contributed by atoms with van der Waals surface area (Å²) >= 11 is 0. The Balaban J connectivity index is 2.50. The van der Waals surface area contributed by atoms with Crippen LogP contribution < -0.4 is 9.47 Å². The molecule has 0 aromatic heterocycles. The van der Waals surface area contributed by atoms with Gasteiger partial charge in [-0.25, -0.2) is 0 Å². The topological polar surface area (TPSA) is 18.5 Å². The van der Waals surface area contributed by atoms with Gasteiger partial charge in [0.15, 0.2) is 0 Å². The molecule has 0 aliphatic heterocycles. The van der Waals surface area contributed by atoms with Crippen LogP contribution in [0.5, 0.6) is 11.5 Å². The summed E-state index contributed by atoms with van der Waals surface area (Å²) in [7, 11) is 1.70. The van der Waals surface area contributed by atoms with Crippen LogP contribution in [0.2, 0.25) is 0 Å². The van der Waals surface area contributed by atoms with E-state index in [2.05, 4.69) is 26.8 Å². The zero-order chi connectivity index (χ0) is 13.5. The van der Waals surface area contributed by atoms with Gasteiger partial charge in [0, 0.05) is 0 Å². The largest absolute Gasteiger partial charge is 0.496 e. The summed E-state index contributed by atoms with van der Waals surface area (Å²) < 4.78 is 11.2. The molecule has 1 aromatic carbocycles. The van der Waals surface area contributed by atoms with Crippen LogP contribution in [0.15, 0.2) is 12.1 Å². The first-order valence-corrected chi connectivity index (χ1v) is 6.86. The van der Waals surface area contributed by atoms with Crippen molar-refractivity contribution in [3.63, 3.8) is 0 Å². The van der Waals surface area contributed by atoms with E-state index in [1.807, 2.05) is 13.0 Å². The highest BCUT2D eigenvalue weighted by molar-refractivity contribution is 5.45. The second-order valence-electron chi connectivity index (χ2n) is 5.09. The molecule has 0 radical (unpaired) electrons. The van der Waals surface area contributed by atoms with Crippen molar-refractivity contribution in [1.29, 1.82) is 0 Å². The minimum absolute atomic E-state index is 0.798. The van der Waals surface area contributed by atoms with E-state index in [9.17, 15) is 0 Å². The van der Waals surface area contributed by atoms with Crippen LogP contribution >= 0.6 is 0 Å². The van der Waals surface area contributed by atoms with Crippen LogP contribution in [0.4, 0.5) is 0 Å². The van der Waals surface area contributed by atoms with E-state index in [1.165, 1.54) is 12.8 Å². The van der Waals surface area contributed by atoms with Crippen molar-refractivity contribution in [3.05, 3.63) is 23.3 Å². The van der Waals surface area contributed by atoms with Gasteiger partial charge in [-0.3, -0.25) is 0 Å². The van der Waals surface area contributed by atoms with Gasteiger partial charge < -0.3 is 9.47 Å². The maximum absolute atomic E-state index is 5.86. The molecule has 0 aliphatic rings. The van der Waals surface area contributed by atoms with E-state index in [1.54, 1.807) is 7.11 Å². The fourth-order valence-corrected chi connectivity index (χ4v) is 1.96. The molecule has 2 nitrogen and oxygen atoms in total. The molecule has 1 aromatic rings. The maximum atomic E-state index is 5.86. The Bertz CT molecular complexity index is 372. The Labute approximate surface area is 111 Å². The number of aryl methyl sites for hydroxylation is 2. The minimum Gasteiger partial charge on any atom is -0.496 e. The maximum Gasteiger partial charge on any atom is 0.122 e. The van der Waals surface area contributed by atoms with Crippen LogP contribution in [0.25, 0.3) is 0 Å². The van der Waals surface area contributed by atoms with Crippen molar-refractivity contribution in [2.45, 2.75) is 47.0 Å². The van der Waals surface area contributed by atoms with Crippen molar-refractivity contribution in [2.75, 3.05) is 13.7 Å². The van der Waals surface area contributed by atoms with E-state index < -0.39 is 0 Å². The molecule has 0 amide bonds. The lowest BCUT2D eigenvalue weighted by atomic mass is 10.0. The normalized spacial score (nSPS) is 12.3. The summed E-state index contributed by atoms with van der Waals surface area (Å²) in [6.07, 6.45) is 3.62. The Morgan fingerprint density at radius 3 is 2.33 bits per heavy atom. The number of benzene rings is 1. The molecule has 0 fully saturated rings. The van der Waals surface area contributed by atoms with Crippen LogP contribution in [-0.2, 0) is 0 Å². The molecule has 0 heterocycles. The number of methoxy groups -OCH3 is 1. The highest BCUT2D eigenvalue weighted by Gasteiger charge is 2.06. The molecule has 0 N–H and O–H groups in total. The van der Waals surface area contributed by atoms with Gasteiger partial charge in [0.2, 0.25) is 0 Å². The quantitative estimate of drug-likeness (QED) is 0.662. The average Bonchev–Trinajstić information content (AvgIpc) is 2.37. The number of ether oxygens (including phenoxy) is 2. The van der Waals surface area contributed by atoms with Gasteiger partial charge in [-0.1, -0.05) is 20.3 Å². The van der Waals surface area contributed by atoms with E-state index in [0.717, 1.165) is 41.6 Å². The van der Waals surface area contributed by atoms with Crippen LogP contribution in [0.3, 0.4) is 0 Å². The average molecular weight is 250 g/mol. The minimum atomic E-state index is 0.798. The van der Waals surface area contributed by atoms with Gasteiger partial charge in [-0.05, 0) is 55.9 Å². The summed E-state index contributed by atoms with van der Waals surface area (Å²) in [5.41, 5.74) is 2.26. The molecule has 1 rings (SSSR count). The third-order valence-corrected chi connectivity index (χ3v) is 3.49. The smallest absolute Gasteiger partial charge is 0.122 e. The monoisotopic (exact) mass is 250 g/mol. The predicted octanol–water partition coefficient (Wildman–Crippen LogP) is 4.52. The van der Waals surface area contributed by atoms with Gasteiger partial charge in [-0.15, -0.1) is 0 Å². The second-order valence-corrected chi connectivity index (χ2v) is 5.09. The molecule has 0 aliphatic carbocycles. The van der Waals surface area contributed by atoms with Crippen LogP contribution in [-0.4, -0.2) is 13.7 Å². The number of hydrogen-bond donors (Lipinski definition) is 0. The highest BCUT2D eigenvalue weighted by Crippen LogP contribution is 2.27. The summed E-state index contributed by atoms with van der Waals surface area (Å²) in [6.45, 7) is 9.44. The highest BCUT2D eigenvalue weighted by atomic mass is 16.5. The van der Waals surface area contributed by atoms with Gasteiger partial charge in [0.25, 0.3) is 0 Å². The first-order chi connectivity index (χ1) is 8.58. The third-order valence-electron chi connectivity index (χ3n) is 3.49. The number of hydrogen-bond acceptors (Lipinski definition) is 2. The standard InChI is InChI=1S/C16H26O2/c1-6-12(2)8-7-9-18-16-11-13(3)15(17-5)10-14(16)4/h10-12H,6-9H2,1-5H3. The Kier molecular flexibility index (Phi) is 6.03. The summed E-state index contributed by atoms with van der Waals surface area (Å²) in [6, 6.07) is 4.11. The van der Waals surface area contributed by atoms with Crippen LogP contribution in [0.1, 0.15) is 44.2 Å². The van der Waals surface area contributed by atoms with Crippen molar-refractivity contribution in [2.24, 2.45) is 5.92 Å². The van der Waals surface area contributed by atoms with E-state index >= 15 is 0 Å². The molecule has 1 atom stereocenters. The van der Waals surface area contributed by atoms with Crippen LogP contribution in [0, 0.1) is 19.8 Å². The molecule has 0 saturated heterocycles. The third kappa shape index (κ3) is 4.25. The second kappa shape index (κ2) is 7.30. The lowest BCUT2D eigenvalue weighted by molar-refractivity contribution is 0.291. The molecule has 18 heavy (non-hydrogen) atoms. The lowest BCUT2D eigenvalue weighted by Gasteiger charge is -2.13. The Morgan fingerprint density at radius 1 is 1.11 bits per heavy atom. The lowest BCUT2D eigenvalue weighted by Crippen LogP contribution is -2.02. The Morgan fingerprint density at radius 2 is 1.72 bits per heavy atom. The van der Waals surface area contributed by atoms with E-state index in [0.29, 0.717) is 0 Å². The Hall–Kier alpha value is -1.18. The summed E-state index contributed by atoms with van der Waals surface area (Å²) in [5, 5.41) is 0. The molecule has 0 saturated carbocycles. The molecule has 0 bridgehead atoms. The first kappa shape index (κ1) is 14.9. The SMILES string of the molecule is CCC(C)CCCOc1cc(C)c(OC)cc1C. The van der Waals surface area contributed by atoms with Crippen molar-refractivity contribution in [1.82, 2.24) is 0 Å². The predicted molar refractivity (Wildman–Crippen MR) is 76.7 cm³/mol. The molecular formula is C16H26O2. The van der Waals surface area contributed by atoms with Gasteiger partial charge >= 0.3 is 0 Å². The molecule has 0 spiro atoms. The zero-order valence-electron chi connectivity index (χ0n) is 12.4. The van der Waals surface area contributed by atoms with Crippen molar-refractivity contribution < 1.29 is 9.47 Å². The fraction of sp³-hybridized carbons (Fsp3) is 0.625. The number of rotatable bonds is 7. The van der Waals surface area contributed by atoms with Gasteiger partial charge in [0.05, 0.1) is 13.7 Å². The van der Waals surface area contributed by atoms with Gasteiger partial charge in [0.1, 0.15) is 11.5 Å². The molecule has 102 valence electrons. The molecule has 2 heteroatoms. The first-order valence-electron chi connectivity index (χ1n) is 6.86. The zero-order valence-corrected chi connectivity index (χ0v) is 12.4. The fourth-order valence-electron chi connectivity index (χ4n) is 1.96. The van der Waals surface area contributed by atoms with Gasteiger partial charge in [-0.2, -0.15) is 0 Å². The van der Waals surface area contributed by atoms with E-state index in [-0.39, 0.29) is 0 Å². The summed E-state index contributed by atoms with van der Waals surface area (Å²) in [4.78, 5) is 0. The molecule has 1 unspecified atom stereocenters. The summed E-state index contributed by atoms with van der Waals surface area (Å²) in [5.74, 6) is 2.71.